The van der Waals surface area contributed by atoms with Gasteiger partial charge in [0.1, 0.15) is 11.9 Å². The molecule has 0 saturated carbocycles. The number of hydrogen-bond acceptors (Lipinski definition) is 3. The third-order valence-corrected chi connectivity index (χ3v) is 4.55. The smallest absolute Gasteiger partial charge is 0.254 e. The van der Waals surface area contributed by atoms with Gasteiger partial charge in [-0.05, 0) is 31.4 Å². The van der Waals surface area contributed by atoms with E-state index in [1.54, 1.807) is 11.0 Å². The van der Waals surface area contributed by atoms with E-state index >= 15 is 0 Å². The number of rotatable bonds is 3. The van der Waals surface area contributed by atoms with Crippen molar-refractivity contribution in [1.82, 2.24) is 15.5 Å². The van der Waals surface area contributed by atoms with Crippen molar-refractivity contribution in [2.75, 3.05) is 13.1 Å². The Balaban J connectivity index is 1.50. The number of carbonyl (C=O) groups excluding carboxylic acids is 3. The summed E-state index contributed by atoms with van der Waals surface area (Å²) < 4.78 is 13.6. The van der Waals surface area contributed by atoms with Crippen LogP contribution in [-0.2, 0) is 9.59 Å². The van der Waals surface area contributed by atoms with Gasteiger partial charge in [0, 0.05) is 25.6 Å². The average molecular weight is 333 g/mol. The molecule has 1 atom stereocenters. The van der Waals surface area contributed by atoms with Crippen LogP contribution < -0.4 is 10.6 Å². The van der Waals surface area contributed by atoms with Crippen molar-refractivity contribution in [3.63, 3.8) is 0 Å². The van der Waals surface area contributed by atoms with Gasteiger partial charge < -0.3 is 15.5 Å². The van der Waals surface area contributed by atoms with Crippen LogP contribution in [0.4, 0.5) is 4.39 Å². The van der Waals surface area contributed by atoms with E-state index in [2.05, 4.69) is 10.6 Å². The molecule has 2 fully saturated rings. The molecule has 2 aliphatic rings. The second-order valence-electron chi connectivity index (χ2n) is 6.21. The third-order valence-electron chi connectivity index (χ3n) is 4.55. The Morgan fingerprint density at radius 3 is 2.50 bits per heavy atom. The molecule has 3 amide bonds. The van der Waals surface area contributed by atoms with Crippen molar-refractivity contribution in [3.05, 3.63) is 35.6 Å². The van der Waals surface area contributed by atoms with Crippen molar-refractivity contribution >= 4 is 17.7 Å². The van der Waals surface area contributed by atoms with Gasteiger partial charge >= 0.3 is 0 Å². The lowest BCUT2D eigenvalue weighted by molar-refractivity contribution is -0.135. The van der Waals surface area contributed by atoms with Gasteiger partial charge in [0.2, 0.25) is 11.8 Å². The van der Waals surface area contributed by atoms with Gasteiger partial charge in [-0.25, -0.2) is 4.39 Å². The number of benzene rings is 1. The van der Waals surface area contributed by atoms with E-state index in [9.17, 15) is 18.8 Å². The first kappa shape index (κ1) is 16.4. The van der Waals surface area contributed by atoms with Crippen molar-refractivity contribution in [2.24, 2.45) is 0 Å². The highest BCUT2D eigenvalue weighted by Gasteiger charge is 2.33. The predicted molar refractivity (Wildman–Crippen MR) is 84.6 cm³/mol. The Bertz CT molecular complexity index is 656. The lowest BCUT2D eigenvalue weighted by Gasteiger charge is -2.33. The monoisotopic (exact) mass is 333 g/mol. The van der Waals surface area contributed by atoms with Crippen LogP contribution in [0.15, 0.2) is 24.3 Å². The van der Waals surface area contributed by atoms with E-state index in [0.29, 0.717) is 38.8 Å². The Morgan fingerprint density at radius 1 is 1.17 bits per heavy atom. The van der Waals surface area contributed by atoms with Crippen molar-refractivity contribution < 1.29 is 18.8 Å². The minimum atomic E-state index is -0.542. The molecule has 1 aromatic carbocycles. The topological polar surface area (TPSA) is 78.5 Å². The first-order chi connectivity index (χ1) is 11.5. The number of carbonyl (C=O) groups is 3. The van der Waals surface area contributed by atoms with Gasteiger partial charge in [0.25, 0.3) is 5.91 Å². The summed E-state index contributed by atoms with van der Waals surface area (Å²) in [5.41, 5.74) is 0.0321. The second kappa shape index (κ2) is 6.98. The highest BCUT2D eigenvalue weighted by Crippen LogP contribution is 2.16. The zero-order valence-electron chi connectivity index (χ0n) is 13.3. The third kappa shape index (κ3) is 3.55. The first-order valence-corrected chi connectivity index (χ1v) is 8.18. The van der Waals surface area contributed by atoms with E-state index in [-0.39, 0.29) is 23.4 Å². The van der Waals surface area contributed by atoms with Gasteiger partial charge in [0.05, 0.1) is 5.56 Å². The number of nitrogens with one attached hydrogen (secondary N) is 2. The molecule has 0 aromatic heterocycles. The summed E-state index contributed by atoms with van der Waals surface area (Å²) in [5, 5.41) is 5.51. The number of hydrogen-bond donors (Lipinski definition) is 2. The van der Waals surface area contributed by atoms with Crippen LogP contribution in [-0.4, -0.2) is 47.8 Å². The molecular formula is C17H20FN3O3. The summed E-state index contributed by atoms with van der Waals surface area (Å²) in [6, 6.07) is 5.37. The van der Waals surface area contributed by atoms with Crippen LogP contribution in [0.3, 0.4) is 0 Å². The van der Waals surface area contributed by atoms with Crippen molar-refractivity contribution in [3.8, 4) is 0 Å². The zero-order valence-corrected chi connectivity index (χ0v) is 13.3. The largest absolute Gasteiger partial charge is 0.349 e. The van der Waals surface area contributed by atoms with Crippen LogP contribution in [0.5, 0.6) is 0 Å². The predicted octanol–water partition coefficient (Wildman–Crippen LogP) is 0.825. The maximum Gasteiger partial charge on any atom is 0.254 e. The summed E-state index contributed by atoms with van der Waals surface area (Å²) in [6.07, 6.45) is 2.17. The number of piperidine rings is 1. The zero-order chi connectivity index (χ0) is 17.1. The summed E-state index contributed by atoms with van der Waals surface area (Å²) in [7, 11) is 0. The van der Waals surface area contributed by atoms with Crippen LogP contribution in [0, 0.1) is 5.82 Å². The minimum absolute atomic E-state index is 0.0321. The molecule has 2 saturated heterocycles. The highest BCUT2D eigenvalue weighted by atomic mass is 19.1. The molecule has 2 N–H and O–H groups in total. The van der Waals surface area contributed by atoms with Gasteiger partial charge in [-0.15, -0.1) is 0 Å². The maximum atomic E-state index is 13.6. The molecule has 1 unspecified atom stereocenters. The number of likely N-dealkylation sites (tertiary alicyclic amines) is 1. The van der Waals surface area contributed by atoms with E-state index in [1.807, 2.05) is 0 Å². The first-order valence-electron chi connectivity index (χ1n) is 8.18. The summed E-state index contributed by atoms with van der Waals surface area (Å²) in [4.78, 5) is 37.4. The lowest BCUT2D eigenvalue weighted by atomic mass is 10.0. The quantitative estimate of drug-likeness (QED) is 0.860. The molecule has 2 heterocycles. The number of nitrogens with zero attached hydrogens (tertiary/aromatic N) is 1. The van der Waals surface area contributed by atoms with Gasteiger partial charge in [0.15, 0.2) is 0 Å². The molecule has 1 aromatic rings. The van der Waals surface area contributed by atoms with Crippen molar-refractivity contribution in [2.45, 2.75) is 37.8 Å². The van der Waals surface area contributed by atoms with Crippen LogP contribution >= 0.6 is 0 Å². The molecule has 2 aliphatic heterocycles. The number of halogens is 1. The van der Waals surface area contributed by atoms with E-state index < -0.39 is 17.8 Å². The molecule has 0 bridgehead atoms. The lowest BCUT2D eigenvalue weighted by Crippen LogP contribution is -2.51. The second-order valence-corrected chi connectivity index (χ2v) is 6.21. The molecule has 0 spiro atoms. The number of amides is 3. The fourth-order valence-electron chi connectivity index (χ4n) is 3.17. The molecule has 128 valence electrons. The normalized spacial score (nSPS) is 21.5. The summed E-state index contributed by atoms with van der Waals surface area (Å²) in [6.45, 7) is 1.04. The molecule has 6 nitrogen and oxygen atoms in total. The van der Waals surface area contributed by atoms with Gasteiger partial charge in [-0.2, -0.15) is 0 Å². The fraction of sp³-hybridized carbons (Fsp3) is 0.471. The standard InChI is InChI=1S/C17H20FN3O3/c18-13-4-2-1-3-12(13)16(23)19-11-7-9-21(10-8-11)17(24)14-5-6-15(22)20-14/h1-4,11,14H,5-10H2,(H,19,23)(H,20,22). The average Bonchev–Trinajstić information content (AvgIpc) is 3.02. The molecule has 0 aliphatic carbocycles. The fourth-order valence-corrected chi connectivity index (χ4v) is 3.17. The van der Waals surface area contributed by atoms with Crippen LogP contribution in [0.25, 0.3) is 0 Å². The van der Waals surface area contributed by atoms with Crippen LogP contribution in [0.1, 0.15) is 36.0 Å². The molecular weight excluding hydrogens is 313 g/mol. The van der Waals surface area contributed by atoms with E-state index in [0.717, 1.165) is 0 Å². The van der Waals surface area contributed by atoms with E-state index in [1.165, 1.54) is 18.2 Å². The van der Waals surface area contributed by atoms with E-state index in [4.69, 9.17) is 0 Å². The summed E-state index contributed by atoms with van der Waals surface area (Å²) >= 11 is 0. The Labute approximate surface area is 139 Å². The van der Waals surface area contributed by atoms with Gasteiger partial charge in [-0.3, -0.25) is 14.4 Å². The summed E-state index contributed by atoms with van der Waals surface area (Å²) in [5.74, 6) is -1.11. The Morgan fingerprint density at radius 2 is 1.88 bits per heavy atom. The maximum absolute atomic E-state index is 13.6. The molecule has 7 heteroatoms. The van der Waals surface area contributed by atoms with Crippen LogP contribution in [0.2, 0.25) is 0 Å². The molecule has 24 heavy (non-hydrogen) atoms. The Kier molecular flexibility index (Phi) is 4.78. The molecule has 0 radical (unpaired) electrons. The SMILES string of the molecule is O=C1CCC(C(=O)N2CCC(NC(=O)c3ccccc3F)CC2)N1. The Hall–Kier alpha value is -2.44. The van der Waals surface area contributed by atoms with Gasteiger partial charge in [-0.1, -0.05) is 12.1 Å². The van der Waals surface area contributed by atoms with Crippen molar-refractivity contribution in [1.29, 1.82) is 0 Å². The minimum Gasteiger partial charge on any atom is -0.349 e. The molecule has 3 rings (SSSR count). The highest BCUT2D eigenvalue weighted by molar-refractivity contribution is 5.94.